The van der Waals surface area contributed by atoms with Gasteiger partial charge in [0.25, 0.3) is 0 Å². The molecule has 0 radical (unpaired) electrons. The summed E-state index contributed by atoms with van der Waals surface area (Å²) in [6, 6.07) is 5.46. The lowest BCUT2D eigenvalue weighted by Gasteiger charge is -2.24. The molecule has 7 heteroatoms. The van der Waals surface area contributed by atoms with Crippen molar-refractivity contribution in [1.82, 2.24) is 5.32 Å². The van der Waals surface area contributed by atoms with Crippen LogP contribution >= 0.6 is 23.2 Å². The van der Waals surface area contributed by atoms with Crippen molar-refractivity contribution < 1.29 is 0 Å². The summed E-state index contributed by atoms with van der Waals surface area (Å²) >= 11 is 11.3. The SMILES string of the molecule is C=CNC(C)(C)/C(C=NCCN)=N/N.Cc1cc(Cl)cc(Cl)c1. The first kappa shape index (κ1) is 21.4. The lowest BCUT2D eigenvalue weighted by atomic mass is 9.99. The van der Waals surface area contributed by atoms with Gasteiger partial charge in [-0.1, -0.05) is 29.8 Å². The lowest BCUT2D eigenvalue weighted by Crippen LogP contribution is -2.45. The van der Waals surface area contributed by atoms with Crippen LogP contribution < -0.4 is 16.9 Å². The van der Waals surface area contributed by atoms with Gasteiger partial charge in [-0.25, -0.2) is 0 Å². The van der Waals surface area contributed by atoms with Crippen molar-refractivity contribution in [1.29, 1.82) is 0 Å². The summed E-state index contributed by atoms with van der Waals surface area (Å²) in [4.78, 5) is 4.07. The first-order valence-electron chi connectivity index (χ1n) is 7.06. The van der Waals surface area contributed by atoms with Crippen molar-refractivity contribution in [2.24, 2.45) is 21.7 Å². The molecule has 0 atom stereocenters. The second kappa shape index (κ2) is 11.0. The molecule has 0 spiro atoms. The molecule has 0 aromatic heterocycles. The molecule has 1 aromatic carbocycles. The highest BCUT2D eigenvalue weighted by atomic mass is 35.5. The molecule has 0 saturated carbocycles. The van der Waals surface area contributed by atoms with E-state index in [2.05, 4.69) is 22.0 Å². The summed E-state index contributed by atoms with van der Waals surface area (Å²) in [5.41, 5.74) is 6.69. The zero-order chi connectivity index (χ0) is 17.9. The van der Waals surface area contributed by atoms with Gasteiger partial charge < -0.3 is 16.9 Å². The maximum absolute atomic E-state index is 5.67. The molecule has 5 nitrogen and oxygen atoms in total. The summed E-state index contributed by atoms with van der Waals surface area (Å²) in [7, 11) is 0. The monoisotopic (exact) mass is 357 g/mol. The Bertz CT molecular complexity index is 503. The number of nitrogens with zero attached hydrogens (tertiary/aromatic N) is 2. The number of nitrogens with one attached hydrogen (secondary N) is 1. The molecule has 128 valence electrons. The van der Waals surface area contributed by atoms with Crippen molar-refractivity contribution in [3.63, 3.8) is 0 Å². The van der Waals surface area contributed by atoms with Crippen LogP contribution in [0.3, 0.4) is 0 Å². The summed E-state index contributed by atoms with van der Waals surface area (Å²) in [6.45, 7) is 10.5. The molecule has 0 aliphatic heterocycles. The summed E-state index contributed by atoms with van der Waals surface area (Å²) in [5.74, 6) is 5.26. The highest BCUT2D eigenvalue weighted by Gasteiger charge is 2.21. The fourth-order valence-electron chi connectivity index (χ4n) is 1.60. The Morgan fingerprint density at radius 3 is 2.26 bits per heavy atom. The molecule has 23 heavy (non-hydrogen) atoms. The number of hydrazone groups is 1. The topological polar surface area (TPSA) is 88.8 Å². The summed E-state index contributed by atoms with van der Waals surface area (Å²) in [5, 5.41) is 8.09. The highest BCUT2D eigenvalue weighted by Crippen LogP contribution is 2.17. The van der Waals surface area contributed by atoms with Gasteiger partial charge in [0.2, 0.25) is 0 Å². The Hall–Kier alpha value is -1.56. The number of rotatable bonds is 6. The first-order valence-corrected chi connectivity index (χ1v) is 7.82. The van der Waals surface area contributed by atoms with Crippen LogP contribution in [0.15, 0.2) is 41.1 Å². The summed E-state index contributed by atoms with van der Waals surface area (Å²) in [6.07, 6.45) is 3.23. The van der Waals surface area contributed by atoms with Crippen molar-refractivity contribution >= 4 is 35.1 Å². The van der Waals surface area contributed by atoms with Crippen LogP contribution in [0.5, 0.6) is 0 Å². The fraction of sp³-hybridized carbons (Fsp3) is 0.375. The summed E-state index contributed by atoms with van der Waals surface area (Å²) < 4.78 is 0. The second-order valence-corrected chi connectivity index (χ2v) is 6.13. The lowest BCUT2D eigenvalue weighted by molar-refractivity contribution is 0.595. The van der Waals surface area contributed by atoms with E-state index in [-0.39, 0.29) is 5.54 Å². The van der Waals surface area contributed by atoms with E-state index < -0.39 is 0 Å². The van der Waals surface area contributed by atoms with Gasteiger partial charge in [0.15, 0.2) is 0 Å². The maximum atomic E-state index is 5.67. The minimum absolute atomic E-state index is 0.366. The smallest absolute Gasteiger partial charge is 0.103 e. The normalized spacial score (nSPS) is 11.8. The molecule has 0 unspecified atom stereocenters. The fourth-order valence-corrected chi connectivity index (χ4v) is 2.24. The number of aliphatic imine (C=N–C) groups is 1. The molecule has 0 amide bonds. The van der Waals surface area contributed by atoms with Gasteiger partial charge in [0.05, 0.1) is 12.1 Å². The van der Waals surface area contributed by atoms with E-state index in [1.165, 1.54) is 0 Å². The molecular weight excluding hydrogens is 333 g/mol. The molecule has 1 aromatic rings. The predicted molar refractivity (Wildman–Crippen MR) is 103 cm³/mol. The third kappa shape index (κ3) is 9.23. The molecule has 0 aliphatic carbocycles. The van der Waals surface area contributed by atoms with Crippen LogP contribution in [0, 0.1) is 6.92 Å². The second-order valence-electron chi connectivity index (χ2n) is 5.26. The zero-order valence-corrected chi connectivity index (χ0v) is 15.3. The van der Waals surface area contributed by atoms with Gasteiger partial charge in [-0.3, -0.25) is 4.99 Å². The number of hydrogen-bond acceptors (Lipinski definition) is 5. The van der Waals surface area contributed by atoms with Crippen LogP contribution in [-0.2, 0) is 0 Å². The third-order valence-corrected chi connectivity index (χ3v) is 3.16. The van der Waals surface area contributed by atoms with E-state index in [0.717, 1.165) is 5.56 Å². The largest absolute Gasteiger partial charge is 0.381 e. The van der Waals surface area contributed by atoms with Crippen LogP contribution in [0.2, 0.25) is 10.0 Å². The van der Waals surface area contributed by atoms with E-state index in [4.69, 9.17) is 34.8 Å². The van der Waals surface area contributed by atoms with Crippen LogP contribution in [0.4, 0.5) is 0 Å². The van der Waals surface area contributed by atoms with Crippen LogP contribution in [0.25, 0.3) is 0 Å². The quantitative estimate of drug-likeness (QED) is 0.415. The Kier molecular flexibility index (Phi) is 10.3. The minimum atomic E-state index is -0.366. The number of halogens is 2. The predicted octanol–water partition coefficient (Wildman–Crippen LogP) is 3.14. The van der Waals surface area contributed by atoms with Gasteiger partial charge >= 0.3 is 0 Å². The Morgan fingerprint density at radius 1 is 1.30 bits per heavy atom. The van der Waals surface area contributed by atoms with Gasteiger partial charge in [-0.05, 0) is 50.7 Å². The molecule has 0 saturated heterocycles. The molecule has 0 aliphatic rings. The number of hydrogen-bond donors (Lipinski definition) is 3. The van der Waals surface area contributed by atoms with E-state index in [0.29, 0.717) is 28.8 Å². The van der Waals surface area contributed by atoms with Gasteiger partial charge in [0, 0.05) is 22.8 Å². The minimum Gasteiger partial charge on any atom is -0.381 e. The van der Waals surface area contributed by atoms with Crippen molar-refractivity contribution in [3.05, 3.63) is 46.6 Å². The molecule has 0 fully saturated rings. The Balaban J connectivity index is 0.000000459. The van der Waals surface area contributed by atoms with Crippen molar-refractivity contribution in [2.45, 2.75) is 26.3 Å². The first-order chi connectivity index (χ1) is 10.8. The molecular formula is C16H25Cl2N5. The van der Waals surface area contributed by atoms with Gasteiger partial charge in [0.1, 0.15) is 5.71 Å². The van der Waals surface area contributed by atoms with Gasteiger partial charge in [-0.2, -0.15) is 5.10 Å². The highest BCUT2D eigenvalue weighted by molar-refractivity contribution is 6.35. The maximum Gasteiger partial charge on any atom is 0.103 e. The van der Waals surface area contributed by atoms with Crippen molar-refractivity contribution in [2.75, 3.05) is 13.1 Å². The van der Waals surface area contributed by atoms with Gasteiger partial charge in [-0.15, -0.1) is 0 Å². The average molecular weight is 358 g/mol. The van der Waals surface area contributed by atoms with E-state index in [9.17, 15) is 0 Å². The van der Waals surface area contributed by atoms with Crippen molar-refractivity contribution in [3.8, 4) is 0 Å². The molecule has 0 bridgehead atoms. The number of aryl methyl sites for hydroxylation is 1. The average Bonchev–Trinajstić information content (AvgIpc) is 2.42. The molecule has 0 heterocycles. The van der Waals surface area contributed by atoms with E-state index >= 15 is 0 Å². The van der Waals surface area contributed by atoms with E-state index in [1.54, 1.807) is 18.5 Å². The zero-order valence-electron chi connectivity index (χ0n) is 13.8. The number of nitrogens with two attached hydrogens (primary N) is 2. The van der Waals surface area contributed by atoms with Crippen LogP contribution in [-0.4, -0.2) is 30.6 Å². The third-order valence-electron chi connectivity index (χ3n) is 2.72. The Morgan fingerprint density at radius 2 is 1.87 bits per heavy atom. The molecule has 1 rings (SSSR count). The van der Waals surface area contributed by atoms with E-state index in [1.807, 2.05) is 32.9 Å². The molecule has 5 N–H and O–H groups in total. The standard InChI is InChI=1S/C9H19N5.C7H6Cl2/c1-4-13-9(2,3)8(14-11)7-12-6-5-10;1-5-2-6(8)4-7(9)3-5/h4,7,13H,1,5-6,10-11H2,2-3H3;2-4H,1H3/b12-7?,14-8+;. The van der Waals surface area contributed by atoms with Crippen LogP contribution in [0.1, 0.15) is 19.4 Å². The number of benzene rings is 1. The Labute approximate surface area is 148 Å².